The van der Waals surface area contributed by atoms with Gasteiger partial charge in [-0.1, -0.05) is 12.1 Å². The fourth-order valence-corrected chi connectivity index (χ4v) is 3.01. The number of nitrogens with one attached hydrogen (secondary N) is 1. The monoisotopic (exact) mass is 399 g/mol. The zero-order valence-corrected chi connectivity index (χ0v) is 16.3. The molecule has 0 fully saturated rings. The van der Waals surface area contributed by atoms with Gasteiger partial charge >= 0.3 is 11.7 Å². The van der Waals surface area contributed by atoms with Gasteiger partial charge in [0.15, 0.2) is 11.2 Å². The Bertz CT molecular complexity index is 1190. The van der Waals surface area contributed by atoms with Gasteiger partial charge in [-0.25, -0.2) is 19.1 Å². The van der Waals surface area contributed by atoms with E-state index >= 15 is 0 Å². The summed E-state index contributed by atoms with van der Waals surface area (Å²) in [5, 5.41) is 2.70. The molecule has 0 radical (unpaired) electrons. The van der Waals surface area contributed by atoms with E-state index < -0.39 is 23.1 Å². The third-order valence-electron chi connectivity index (χ3n) is 4.61. The van der Waals surface area contributed by atoms with Crippen LogP contribution in [0.4, 0.5) is 0 Å². The van der Waals surface area contributed by atoms with Crippen molar-refractivity contribution in [3.8, 4) is 0 Å². The molecule has 0 saturated carbocycles. The molecule has 0 aliphatic rings. The first kappa shape index (κ1) is 20.1. The van der Waals surface area contributed by atoms with Crippen LogP contribution < -0.4 is 16.6 Å². The van der Waals surface area contributed by atoms with Gasteiger partial charge < -0.3 is 14.6 Å². The van der Waals surface area contributed by atoms with E-state index in [0.29, 0.717) is 18.5 Å². The average Bonchev–Trinajstić information content (AvgIpc) is 3.11. The number of fused-ring (bicyclic) bond motifs is 1. The lowest BCUT2D eigenvalue weighted by Crippen LogP contribution is -2.43. The van der Waals surface area contributed by atoms with Crippen LogP contribution in [0.3, 0.4) is 0 Å². The smallest absolute Gasteiger partial charge is 0.337 e. The maximum atomic E-state index is 12.6. The highest BCUT2D eigenvalue weighted by Crippen LogP contribution is 2.06. The first-order chi connectivity index (χ1) is 13.8. The molecule has 1 N–H and O–H groups in total. The van der Waals surface area contributed by atoms with Gasteiger partial charge in [-0.3, -0.25) is 14.2 Å². The molecule has 1 amide bonds. The molecular formula is C19H21N5O5. The molecule has 0 spiro atoms. The molecular weight excluding hydrogens is 378 g/mol. The van der Waals surface area contributed by atoms with Gasteiger partial charge in [0, 0.05) is 20.6 Å². The average molecular weight is 399 g/mol. The van der Waals surface area contributed by atoms with Crippen LogP contribution in [0, 0.1) is 0 Å². The maximum absolute atomic E-state index is 12.6. The number of carbonyl (C=O) groups excluding carboxylic acids is 2. The number of amides is 1. The Hall–Kier alpha value is -3.69. The molecule has 3 rings (SSSR count). The number of esters is 1. The molecule has 3 aromatic rings. The molecule has 2 heterocycles. The highest BCUT2D eigenvalue weighted by molar-refractivity contribution is 5.89. The summed E-state index contributed by atoms with van der Waals surface area (Å²) in [6.45, 7) is -0.0622. The second kappa shape index (κ2) is 8.13. The Kier molecular flexibility index (Phi) is 5.62. The number of aryl methyl sites for hydroxylation is 2. The third kappa shape index (κ3) is 3.96. The summed E-state index contributed by atoms with van der Waals surface area (Å²) >= 11 is 0. The Morgan fingerprint density at radius 2 is 1.83 bits per heavy atom. The molecule has 0 unspecified atom stereocenters. The van der Waals surface area contributed by atoms with Crippen LogP contribution in [-0.4, -0.2) is 44.2 Å². The van der Waals surface area contributed by atoms with Crippen LogP contribution in [0.5, 0.6) is 0 Å². The molecule has 0 aliphatic carbocycles. The number of imidazole rings is 1. The van der Waals surface area contributed by atoms with Crippen molar-refractivity contribution in [1.29, 1.82) is 0 Å². The van der Waals surface area contributed by atoms with Crippen molar-refractivity contribution < 1.29 is 14.3 Å². The van der Waals surface area contributed by atoms with Crippen molar-refractivity contribution in [2.24, 2.45) is 14.1 Å². The number of methoxy groups -OCH3 is 1. The fraction of sp³-hybridized carbons (Fsp3) is 0.316. The first-order valence-electron chi connectivity index (χ1n) is 8.88. The molecule has 1 aromatic carbocycles. The number of benzene rings is 1. The van der Waals surface area contributed by atoms with E-state index in [1.165, 1.54) is 29.6 Å². The topological polar surface area (TPSA) is 117 Å². The summed E-state index contributed by atoms with van der Waals surface area (Å²) in [5.41, 5.74) is 0.731. The second-order valence-corrected chi connectivity index (χ2v) is 6.55. The Morgan fingerprint density at radius 1 is 1.14 bits per heavy atom. The standard InChI is InChI=1S/C19H21N5O5/c1-22-11-21-16-15(22)17(26)24(19(28)23(16)2)10-14(25)20-9-8-12-4-6-13(7-5-12)18(27)29-3/h4-7,11H,8-10H2,1-3H3,(H,20,25). The SMILES string of the molecule is COC(=O)c1ccc(CCNC(=O)Cn2c(=O)c3c(ncn3C)n(C)c2=O)cc1. The van der Waals surface area contributed by atoms with Gasteiger partial charge in [0.2, 0.25) is 5.91 Å². The van der Waals surface area contributed by atoms with Gasteiger partial charge in [-0.05, 0) is 24.1 Å². The van der Waals surface area contributed by atoms with Gasteiger partial charge in [0.05, 0.1) is 19.0 Å². The molecule has 29 heavy (non-hydrogen) atoms. The molecule has 0 aliphatic heterocycles. The van der Waals surface area contributed by atoms with E-state index in [9.17, 15) is 19.2 Å². The normalized spacial score (nSPS) is 10.9. The van der Waals surface area contributed by atoms with Gasteiger partial charge in [-0.2, -0.15) is 0 Å². The van der Waals surface area contributed by atoms with Crippen LogP contribution in [0.2, 0.25) is 0 Å². The molecule has 10 heteroatoms. The largest absolute Gasteiger partial charge is 0.465 e. The highest BCUT2D eigenvalue weighted by Gasteiger charge is 2.16. The van der Waals surface area contributed by atoms with Crippen LogP contribution in [0.1, 0.15) is 15.9 Å². The lowest BCUT2D eigenvalue weighted by Gasteiger charge is -2.09. The van der Waals surface area contributed by atoms with Crippen LogP contribution in [0.25, 0.3) is 11.2 Å². The summed E-state index contributed by atoms with van der Waals surface area (Å²) in [4.78, 5) is 52.7. The van der Waals surface area contributed by atoms with Crippen molar-refractivity contribution in [2.45, 2.75) is 13.0 Å². The van der Waals surface area contributed by atoms with Crippen LogP contribution >= 0.6 is 0 Å². The minimum atomic E-state index is -0.602. The molecule has 2 aromatic heterocycles. The predicted octanol–water partition coefficient (Wildman–Crippen LogP) is -0.421. The number of nitrogens with zero attached hydrogens (tertiary/aromatic N) is 4. The molecule has 0 atom stereocenters. The molecule has 10 nitrogen and oxygen atoms in total. The Balaban J connectivity index is 1.66. The van der Waals surface area contributed by atoms with Gasteiger partial charge in [0.1, 0.15) is 6.54 Å². The van der Waals surface area contributed by atoms with Gasteiger partial charge in [-0.15, -0.1) is 0 Å². The summed E-state index contributed by atoms with van der Waals surface area (Å²) in [7, 11) is 4.47. The summed E-state index contributed by atoms with van der Waals surface area (Å²) in [6, 6.07) is 6.84. The molecule has 0 bridgehead atoms. The predicted molar refractivity (Wildman–Crippen MR) is 105 cm³/mol. The summed E-state index contributed by atoms with van der Waals surface area (Å²) in [5.74, 6) is -0.862. The van der Waals surface area contributed by atoms with Crippen LogP contribution in [-0.2, 0) is 36.6 Å². The fourth-order valence-electron chi connectivity index (χ4n) is 3.01. The lowest BCUT2D eigenvalue weighted by atomic mass is 10.1. The number of hydrogen-bond acceptors (Lipinski definition) is 6. The molecule has 0 saturated heterocycles. The first-order valence-corrected chi connectivity index (χ1v) is 8.88. The number of rotatable bonds is 6. The number of carbonyl (C=O) groups is 2. The van der Waals surface area contributed by atoms with E-state index in [4.69, 9.17) is 0 Å². The van der Waals surface area contributed by atoms with Crippen molar-refractivity contribution in [3.05, 3.63) is 62.6 Å². The Labute approximate surface area is 165 Å². The van der Waals surface area contributed by atoms with E-state index in [1.54, 1.807) is 31.3 Å². The minimum Gasteiger partial charge on any atom is -0.465 e. The summed E-state index contributed by atoms with van der Waals surface area (Å²) in [6.07, 6.45) is 1.97. The maximum Gasteiger partial charge on any atom is 0.337 e. The van der Waals surface area contributed by atoms with Crippen molar-refractivity contribution in [3.63, 3.8) is 0 Å². The molecule has 152 valence electrons. The zero-order valence-electron chi connectivity index (χ0n) is 16.3. The summed E-state index contributed by atoms with van der Waals surface area (Å²) < 4.78 is 8.30. The number of aromatic nitrogens is 4. The lowest BCUT2D eigenvalue weighted by molar-refractivity contribution is -0.121. The van der Waals surface area contributed by atoms with E-state index in [-0.39, 0.29) is 17.7 Å². The second-order valence-electron chi connectivity index (χ2n) is 6.55. The van der Waals surface area contributed by atoms with Crippen molar-refractivity contribution in [1.82, 2.24) is 24.0 Å². The van der Waals surface area contributed by atoms with Gasteiger partial charge in [0.25, 0.3) is 5.56 Å². The van der Waals surface area contributed by atoms with E-state index in [2.05, 4.69) is 15.0 Å². The number of ether oxygens (including phenoxy) is 1. The van der Waals surface area contributed by atoms with E-state index in [1.807, 2.05) is 0 Å². The zero-order chi connectivity index (χ0) is 21.1. The van der Waals surface area contributed by atoms with Crippen molar-refractivity contribution in [2.75, 3.05) is 13.7 Å². The number of hydrogen-bond donors (Lipinski definition) is 1. The highest BCUT2D eigenvalue weighted by atomic mass is 16.5. The van der Waals surface area contributed by atoms with E-state index in [0.717, 1.165) is 10.1 Å². The minimum absolute atomic E-state index is 0.255. The quantitative estimate of drug-likeness (QED) is 0.563. The Morgan fingerprint density at radius 3 is 2.48 bits per heavy atom. The van der Waals surface area contributed by atoms with Crippen molar-refractivity contribution >= 4 is 23.0 Å². The van der Waals surface area contributed by atoms with Crippen LogP contribution in [0.15, 0.2) is 40.2 Å². The third-order valence-corrected chi connectivity index (χ3v) is 4.61.